The molecular formula is C21H30O3S. The van der Waals surface area contributed by atoms with Gasteiger partial charge in [0, 0.05) is 15.3 Å². The van der Waals surface area contributed by atoms with Gasteiger partial charge in [0.15, 0.2) is 6.10 Å². The number of ether oxygens (including phenoxy) is 1. The van der Waals surface area contributed by atoms with E-state index >= 15 is 0 Å². The second-order valence-electron chi connectivity index (χ2n) is 8.48. The molecule has 1 aromatic heterocycles. The van der Waals surface area contributed by atoms with Crippen molar-refractivity contribution in [2.24, 2.45) is 11.8 Å². The average molecular weight is 363 g/mol. The van der Waals surface area contributed by atoms with Crippen molar-refractivity contribution in [3.63, 3.8) is 0 Å². The number of rotatable bonds is 4. The van der Waals surface area contributed by atoms with Crippen molar-refractivity contribution >= 4 is 22.9 Å². The molecule has 0 radical (unpaired) electrons. The number of aliphatic carboxylic acids is 1. The Balaban J connectivity index is 2.02. The standard InChI is InChI=1S/C21H30O3S/c1-12-17(16-11-14-9-7-6-8-10-15(14)16)18(13(2)25-12)19(20(22)23)24-21(3,4)5/h11,14-15,19H,6-10H2,1-5H3,(H,22,23). The van der Waals surface area contributed by atoms with Gasteiger partial charge in [-0.1, -0.05) is 25.3 Å². The summed E-state index contributed by atoms with van der Waals surface area (Å²) < 4.78 is 5.98. The van der Waals surface area contributed by atoms with Gasteiger partial charge in [-0.3, -0.25) is 0 Å². The summed E-state index contributed by atoms with van der Waals surface area (Å²) >= 11 is 1.71. The van der Waals surface area contributed by atoms with Crippen LogP contribution >= 0.6 is 11.3 Å². The Hall–Kier alpha value is -1.13. The molecule has 1 saturated carbocycles. The molecule has 0 amide bonds. The first-order chi connectivity index (χ1) is 11.7. The maximum absolute atomic E-state index is 12.0. The zero-order chi connectivity index (χ0) is 18.4. The van der Waals surface area contributed by atoms with Gasteiger partial charge < -0.3 is 9.84 Å². The van der Waals surface area contributed by atoms with Crippen LogP contribution in [0, 0.1) is 25.7 Å². The Kier molecular flexibility index (Phi) is 5.13. The molecule has 0 saturated heterocycles. The van der Waals surface area contributed by atoms with Crippen LogP contribution in [0.5, 0.6) is 0 Å². The van der Waals surface area contributed by atoms with Gasteiger partial charge in [0.25, 0.3) is 0 Å². The summed E-state index contributed by atoms with van der Waals surface area (Å²) in [5.74, 6) is 0.407. The molecule has 1 N–H and O–H groups in total. The molecule has 0 aromatic carbocycles. The van der Waals surface area contributed by atoms with Crippen LogP contribution in [0.15, 0.2) is 6.08 Å². The van der Waals surface area contributed by atoms with Crippen molar-refractivity contribution in [2.75, 3.05) is 0 Å². The Labute approximate surface area is 155 Å². The number of hydrogen-bond donors (Lipinski definition) is 1. The molecule has 0 bridgehead atoms. The summed E-state index contributed by atoms with van der Waals surface area (Å²) in [4.78, 5) is 14.3. The van der Waals surface area contributed by atoms with Crippen LogP contribution in [-0.2, 0) is 9.53 Å². The van der Waals surface area contributed by atoms with E-state index in [1.54, 1.807) is 11.3 Å². The Morgan fingerprint density at radius 3 is 2.52 bits per heavy atom. The number of aryl methyl sites for hydroxylation is 2. The van der Waals surface area contributed by atoms with Crippen molar-refractivity contribution in [1.82, 2.24) is 0 Å². The van der Waals surface area contributed by atoms with E-state index in [1.165, 1.54) is 48.1 Å². The lowest BCUT2D eigenvalue weighted by Gasteiger charge is -2.37. The summed E-state index contributed by atoms with van der Waals surface area (Å²) in [6.45, 7) is 9.91. The highest BCUT2D eigenvalue weighted by Crippen LogP contribution is 2.52. The van der Waals surface area contributed by atoms with E-state index in [2.05, 4.69) is 13.0 Å². The van der Waals surface area contributed by atoms with Gasteiger partial charge in [0.1, 0.15) is 0 Å². The van der Waals surface area contributed by atoms with E-state index in [0.717, 1.165) is 10.4 Å². The number of carboxylic acids is 1. The molecule has 1 aromatic rings. The highest BCUT2D eigenvalue weighted by Gasteiger charge is 2.39. The molecule has 25 heavy (non-hydrogen) atoms. The Bertz CT molecular complexity index is 693. The maximum Gasteiger partial charge on any atom is 0.337 e. The second kappa shape index (κ2) is 6.88. The van der Waals surface area contributed by atoms with Gasteiger partial charge in [0.05, 0.1) is 5.60 Å². The van der Waals surface area contributed by atoms with Crippen LogP contribution in [0.1, 0.15) is 79.9 Å². The second-order valence-corrected chi connectivity index (χ2v) is 9.91. The molecule has 2 aliphatic rings. The highest BCUT2D eigenvalue weighted by molar-refractivity contribution is 7.12. The molecule has 3 rings (SSSR count). The van der Waals surface area contributed by atoms with E-state index in [1.807, 2.05) is 27.7 Å². The first-order valence-corrected chi connectivity index (χ1v) is 10.2. The lowest BCUT2D eigenvalue weighted by atomic mass is 9.68. The average Bonchev–Trinajstić information content (AvgIpc) is 2.63. The third-order valence-corrected chi connectivity index (χ3v) is 6.45. The Morgan fingerprint density at radius 1 is 1.20 bits per heavy atom. The molecule has 0 aliphatic heterocycles. The molecule has 2 aliphatic carbocycles. The SMILES string of the molecule is Cc1sc(C)c(C(OC(C)(C)C)C(=O)O)c1C1=CC2CCCCCC12. The molecule has 1 heterocycles. The van der Waals surface area contributed by atoms with Gasteiger partial charge in [-0.05, 0) is 70.4 Å². The van der Waals surface area contributed by atoms with Crippen LogP contribution in [-0.4, -0.2) is 16.7 Å². The van der Waals surface area contributed by atoms with Crippen molar-refractivity contribution in [3.05, 3.63) is 27.0 Å². The van der Waals surface area contributed by atoms with Gasteiger partial charge in [-0.25, -0.2) is 4.79 Å². The molecule has 3 unspecified atom stereocenters. The normalized spacial score (nSPS) is 24.8. The zero-order valence-corrected chi connectivity index (χ0v) is 16.8. The van der Waals surface area contributed by atoms with Crippen molar-refractivity contribution in [2.45, 2.75) is 78.4 Å². The fraction of sp³-hybridized carbons (Fsp3) is 0.667. The van der Waals surface area contributed by atoms with Crippen LogP contribution in [0.25, 0.3) is 5.57 Å². The molecular weight excluding hydrogens is 332 g/mol. The van der Waals surface area contributed by atoms with Crippen molar-refractivity contribution in [1.29, 1.82) is 0 Å². The van der Waals surface area contributed by atoms with Crippen molar-refractivity contribution in [3.8, 4) is 0 Å². The number of carboxylic acid groups (broad SMARTS) is 1. The number of hydrogen-bond acceptors (Lipinski definition) is 3. The van der Waals surface area contributed by atoms with Crippen LogP contribution in [0.4, 0.5) is 0 Å². The lowest BCUT2D eigenvalue weighted by molar-refractivity contribution is -0.160. The number of thiophene rings is 1. The van der Waals surface area contributed by atoms with Crippen LogP contribution < -0.4 is 0 Å². The minimum atomic E-state index is -0.898. The van der Waals surface area contributed by atoms with E-state index in [0.29, 0.717) is 11.8 Å². The highest BCUT2D eigenvalue weighted by atomic mass is 32.1. The fourth-order valence-corrected chi connectivity index (χ4v) is 5.50. The number of carbonyl (C=O) groups is 1. The van der Waals surface area contributed by atoms with Gasteiger partial charge in [-0.15, -0.1) is 11.3 Å². The maximum atomic E-state index is 12.0. The Morgan fingerprint density at radius 2 is 1.88 bits per heavy atom. The third-order valence-electron chi connectivity index (χ3n) is 5.42. The summed E-state index contributed by atoms with van der Waals surface area (Å²) in [5.41, 5.74) is 2.94. The van der Waals surface area contributed by atoms with Gasteiger partial charge in [-0.2, -0.15) is 0 Å². The van der Waals surface area contributed by atoms with E-state index in [-0.39, 0.29) is 0 Å². The number of allylic oxidation sites excluding steroid dienone is 2. The zero-order valence-electron chi connectivity index (χ0n) is 16.0. The molecule has 1 fully saturated rings. The van der Waals surface area contributed by atoms with Crippen LogP contribution in [0.2, 0.25) is 0 Å². The van der Waals surface area contributed by atoms with Gasteiger partial charge >= 0.3 is 5.97 Å². The summed E-state index contributed by atoms with van der Waals surface area (Å²) in [6, 6.07) is 0. The fourth-order valence-electron chi connectivity index (χ4n) is 4.39. The van der Waals surface area contributed by atoms with E-state index in [4.69, 9.17) is 4.74 Å². The molecule has 138 valence electrons. The monoisotopic (exact) mass is 362 g/mol. The predicted octanol–water partition coefficient (Wildman–Crippen LogP) is 5.90. The number of fused-ring (bicyclic) bond motifs is 1. The predicted molar refractivity (Wildman–Crippen MR) is 103 cm³/mol. The van der Waals surface area contributed by atoms with E-state index < -0.39 is 17.7 Å². The molecule has 3 nitrogen and oxygen atoms in total. The minimum Gasteiger partial charge on any atom is -0.479 e. The quantitative estimate of drug-likeness (QED) is 0.725. The first-order valence-electron chi connectivity index (χ1n) is 9.41. The summed E-state index contributed by atoms with van der Waals surface area (Å²) in [7, 11) is 0. The molecule has 3 atom stereocenters. The molecule has 4 heteroatoms. The smallest absolute Gasteiger partial charge is 0.337 e. The lowest BCUT2D eigenvalue weighted by Crippen LogP contribution is -2.29. The first kappa shape index (κ1) is 18.7. The van der Waals surface area contributed by atoms with Crippen molar-refractivity contribution < 1.29 is 14.6 Å². The summed E-state index contributed by atoms with van der Waals surface area (Å²) in [6.07, 6.45) is 7.97. The third kappa shape index (κ3) is 3.70. The minimum absolute atomic E-state index is 0.499. The van der Waals surface area contributed by atoms with Gasteiger partial charge in [0.2, 0.25) is 0 Å². The topological polar surface area (TPSA) is 46.5 Å². The molecule has 0 spiro atoms. The largest absolute Gasteiger partial charge is 0.479 e. The van der Waals surface area contributed by atoms with Crippen LogP contribution in [0.3, 0.4) is 0 Å². The van der Waals surface area contributed by atoms with E-state index in [9.17, 15) is 9.90 Å². The summed E-state index contributed by atoms with van der Waals surface area (Å²) in [5, 5.41) is 9.86.